The minimum Gasteiger partial charge on any atom is -0.481 e. The Kier molecular flexibility index (Phi) is 2.44. The van der Waals surface area contributed by atoms with Crippen molar-refractivity contribution in [2.75, 3.05) is 6.61 Å². The lowest BCUT2D eigenvalue weighted by Crippen LogP contribution is -2.03. The van der Waals surface area contributed by atoms with E-state index < -0.39 is 5.97 Å². The Bertz CT molecular complexity index is 294. The van der Waals surface area contributed by atoms with Gasteiger partial charge in [0.05, 0.1) is 5.92 Å². The van der Waals surface area contributed by atoms with Gasteiger partial charge in [-0.05, 0) is 24.2 Å². The highest BCUT2D eigenvalue weighted by Gasteiger charge is 2.61. The van der Waals surface area contributed by atoms with E-state index in [1.54, 1.807) is 6.21 Å². The Hall–Kier alpha value is -1.06. The summed E-state index contributed by atoms with van der Waals surface area (Å²) in [5, 5.41) is 12.8. The summed E-state index contributed by atoms with van der Waals surface area (Å²) in [6.45, 7) is 4.58. The van der Waals surface area contributed by atoms with E-state index in [-0.39, 0.29) is 17.3 Å². The number of hydrogen-bond donors (Lipinski definition) is 1. The first-order valence-electron chi connectivity index (χ1n) is 5.41. The van der Waals surface area contributed by atoms with Crippen LogP contribution in [0.15, 0.2) is 5.16 Å². The SMILES string of the molecule is CC1(C)[C@H](C=NOCC2CC2)[C@@H]1C(=O)O. The molecule has 2 aliphatic carbocycles. The molecule has 4 nitrogen and oxygen atoms in total. The number of hydrogen-bond acceptors (Lipinski definition) is 3. The van der Waals surface area contributed by atoms with Gasteiger partial charge in [0.1, 0.15) is 6.61 Å². The Labute approximate surface area is 89.3 Å². The normalized spacial score (nSPS) is 32.9. The summed E-state index contributed by atoms with van der Waals surface area (Å²) < 4.78 is 0. The number of rotatable bonds is 5. The van der Waals surface area contributed by atoms with Gasteiger partial charge in [0.15, 0.2) is 0 Å². The average molecular weight is 211 g/mol. The standard InChI is InChI=1S/C11H17NO3/c1-11(2)8(9(11)10(13)14)5-12-15-6-7-3-4-7/h5,7-9H,3-4,6H2,1-2H3,(H,13,14)/t8-,9-/m1/s1. The molecule has 84 valence electrons. The van der Waals surface area contributed by atoms with Crippen LogP contribution < -0.4 is 0 Å². The zero-order valence-electron chi connectivity index (χ0n) is 9.14. The first-order chi connectivity index (χ1) is 7.03. The van der Waals surface area contributed by atoms with Crippen LogP contribution in [-0.2, 0) is 9.63 Å². The fourth-order valence-corrected chi connectivity index (χ4v) is 1.97. The second-order valence-corrected chi connectivity index (χ2v) is 5.16. The number of carboxylic acid groups (broad SMARTS) is 1. The minimum absolute atomic E-state index is 0.0224. The van der Waals surface area contributed by atoms with Gasteiger partial charge in [0.25, 0.3) is 0 Å². The lowest BCUT2D eigenvalue weighted by atomic mass is 10.1. The highest BCUT2D eigenvalue weighted by molar-refractivity contribution is 5.84. The summed E-state index contributed by atoms with van der Waals surface area (Å²) in [5.74, 6) is -0.330. The zero-order valence-corrected chi connectivity index (χ0v) is 9.14. The molecule has 0 radical (unpaired) electrons. The Morgan fingerprint density at radius 1 is 1.60 bits per heavy atom. The van der Waals surface area contributed by atoms with Crippen LogP contribution in [0.5, 0.6) is 0 Å². The first-order valence-corrected chi connectivity index (χ1v) is 5.41. The van der Waals surface area contributed by atoms with E-state index >= 15 is 0 Å². The molecule has 0 spiro atoms. The molecule has 2 rings (SSSR count). The van der Waals surface area contributed by atoms with Gasteiger partial charge in [-0.15, -0.1) is 0 Å². The van der Waals surface area contributed by atoms with Crippen LogP contribution in [0.2, 0.25) is 0 Å². The highest BCUT2D eigenvalue weighted by atomic mass is 16.6. The monoisotopic (exact) mass is 211 g/mol. The maximum atomic E-state index is 10.8. The van der Waals surface area contributed by atoms with Gasteiger partial charge in [-0.2, -0.15) is 0 Å². The van der Waals surface area contributed by atoms with Crippen molar-refractivity contribution in [3.05, 3.63) is 0 Å². The van der Waals surface area contributed by atoms with E-state index in [0.29, 0.717) is 12.5 Å². The fraction of sp³-hybridized carbons (Fsp3) is 0.818. The molecular weight excluding hydrogens is 194 g/mol. The van der Waals surface area contributed by atoms with E-state index in [1.807, 2.05) is 13.8 Å². The quantitative estimate of drug-likeness (QED) is 0.556. The third-order valence-electron chi connectivity index (χ3n) is 3.48. The molecular formula is C11H17NO3. The van der Waals surface area contributed by atoms with Crippen molar-refractivity contribution in [3.63, 3.8) is 0 Å². The molecule has 0 aromatic carbocycles. The number of oxime groups is 1. The molecule has 0 aliphatic heterocycles. The predicted octanol–water partition coefficient (Wildman–Crippen LogP) is 1.76. The van der Waals surface area contributed by atoms with Crippen LogP contribution in [0.25, 0.3) is 0 Å². The number of aliphatic carboxylic acids is 1. The third kappa shape index (κ3) is 2.13. The Morgan fingerprint density at radius 2 is 2.27 bits per heavy atom. The van der Waals surface area contributed by atoms with Crippen LogP contribution in [0.1, 0.15) is 26.7 Å². The molecule has 2 fully saturated rings. The van der Waals surface area contributed by atoms with Crippen molar-refractivity contribution in [2.45, 2.75) is 26.7 Å². The fourth-order valence-electron chi connectivity index (χ4n) is 1.97. The van der Waals surface area contributed by atoms with Crippen LogP contribution in [0, 0.1) is 23.2 Å². The van der Waals surface area contributed by atoms with Crippen LogP contribution >= 0.6 is 0 Å². The average Bonchev–Trinajstić information content (AvgIpc) is 2.98. The highest BCUT2D eigenvalue weighted by Crippen LogP contribution is 2.57. The molecule has 15 heavy (non-hydrogen) atoms. The van der Waals surface area contributed by atoms with Crippen molar-refractivity contribution in [3.8, 4) is 0 Å². The third-order valence-corrected chi connectivity index (χ3v) is 3.48. The summed E-state index contributed by atoms with van der Waals surface area (Å²) >= 11 is 0. The maximum Gasteiger partial charge on any atom is 0.307 e. The summed E-state index contributed by atoms with van der Waals surface area (Å²) in [5.41, 5.74) is -0.168. The smallest absolute Gasteiger partial charge is 0.307 e. The van der Waals surface area contributed by atoms with Gasteiger partial charge >= 0.3 is 5.97 Å². The lowest BCUT2D eigenvalue weighted by molar-refractivity contribution is -0.139. The van der Waals surface area contributed by atoms with Gasteiger partial charge in [-0.1, -0.05) is 19.0 Å². The molecule has 0 bridgehead atoms. The van der Waals surface area contributed by atoms with E-state index in [2.05, 4.69) is 5.16 Å². The maximum absolute atomic E-state index is 10.8. The topological polar surface area (TPSA) is 58.9 Å². The van der Waals surface area contributed by atoms with Crippen molar-refractivity contribution >= 4 is 12.2 Å². The minimum atomic E-state index is -0.737. The first kappa shape index (κ1) is 10.5. The number of nitrogens with zero attached hydrogens (tertiary/aromatic N) is 1. The molecule has 1 N–H and O–H groups in total. The van der Waals surface area contributed by atoms with E-state index in [4.69, 9.17) is 9.94 Å². The zero-order chi connectivity index (χ0) is 11.1. The summed E-state index contributed by atoms with van der Waals surface area (Å²) in [7, 11) is 0. The van der Waals surface area contributed by atoms with Crippen molar-refractivity contribution < 1.29 is 14.7 Å². The number of carboxylic acids is 1. The second kappa shape index (κ2) is 3.51. The molecule has 0 saturated heterocycles. The molecule has 4 heteroatoms. The van der Waals surface area contributed by atoms with Crippen LogP contribution in [0.4, 0.5) is 0 Å². The molecule has 0 aromatic heterocycles. The molecule has 0 unspecified atom stereocenters. The van der Waals surface area contributed by atoms with Gasteiger partial charge in [0.2, 0.25) is 0 Å². The summed E-state index contributed by atoms with van der Waals surface area (Å²) in [4.78, 5) is 15.9. The molecule has 0 amide bonds. The molecule has 0 heterocycles. The lowest BCUT2D eigenvalue weighted by Gasteiger charge is -1.97. The molecule has 0 aromatic rings. The second-order valence-electron chi connectivity index (χ2n) is 5.16. The Balaban J connectivity index is 1.77. The molecule has 2 saturated carbocycles. The van der Waals surface area contributed by atoms with E-state index in [9.17, 15) is 4.79 Å². The van der Waals surface area contributed by atoms with Gasteiger partial charge in [-0.25, -0.2) is 0 Å². The number of carbonyl (C=O) groups is 1. The van der Waals surface area contributed by atoms with Gasteiger partial charge in [0, 0.05) is 12.1 Å². The van der Waals surface area contributed by atoms with Crippen LogP contribution in [0.3, 0.4) is 0 Å². The Morgan fingerprint density at radius 3 is 2.73 bits per heavy atom. The van der Waals surface area contributed by atoms with Gasteiger partial charge in [-0.3, -0.25) is 4.79 Å². The van der Waals surface area contributed by atoms with Crippen LogP contribution in [-0.4, -0.2) is 23.9 Å². The summed E-state index contributed by atoms with van der Waals surface area (Å²) in [6.07, 6.45) is 4.13. The van der Waals surface area contributed by atoms with Crippen molar-refractivity contribution in [1.82, 2.24) is 0 Å². The molecule has 2 atom stereocenters. The largest absolute Gasteiger partial charge is 0.481 e. The predicted molar refractivity (Wildman–Crippen MR) is 55.6 cm³/mol. The van der Waals surface area contributed by atoms with E-state index in [1.165, 1.54) is 12.8 Å². The van der Waals surface area contributed by atoms with Crippen molar-refractivity contribution in [2.24, 2.45) is 28.3 Å². The van der Waals surface area contributed by atoms with Crippen molar-refractivity contribution in [1.29, 1.82) is 0 Å². The van der Waals surface area contributed by atoms with E-state index in [0.717, 1.165) is 0 Å². The van der Waals surface area contributed by atoms with Gasteiger partial charge < -0.3 is 9.94 Å². The summed E-state index contributed by atoms with van der Waals surface area (Å²) in [6, 6.07) is 0. The molecule has 2 aliphatic rings.